The van der Waals surface area contributed by atoms with Crippen molar-refractivity contribution >= 4 is 0 Å². The van der Waals surface area contributed by atoms with E-state index in [0.29, 0.717) is 0 Å². The van der Waals surface area contributed by atoms with Crippen LogP contribution in [0.5, 0.6) is 17.2 Å². The molecule has 0 radical (unpaired) electrons. The van der Waals surface area contributed by atoms with E-state index in [0.717, 1.165) is 29.2 Å². The van der Waals surface area contributed by atoms with Crippen LogP contribution in [0.3, 0.4) is 0 Å². The first-order chi connectivity index (χ1) is 8.74. The second kappa shape index (κ2) is 5.58. The Kier molecular flexibility index (Phi) is 3.88. The number of aryl methyl sites for hydroxylation is 2. The average molecular weight is 242 g/mol. The van der Waals surface area contributed by atoms with Gasteiger partial charge in [0.05, 0.1) is 7.11 Å². The monoisotopic (exact) mass is 242 g/mol. The summed E-state index contributed by atoms with van der Waals surface area (Å²) in [7, 11) is 1.67. The van der Waals surface area contributed by atoms with Gasteiger partial charge in [-0.1, -0.05) is 31.2 Å². The van der Waals surface area contributed by atoms with Crippen molar-refractivity contribution in [2.24, 2.45) is 0 Å². The van der Waals surface area contributed by atoms with Crippen LogP contribution in [0.15, 0.2) is 42.5 Å². The number of hydrogen-bond donors (Lipinski definition) is 0. The third-order valence-electron chi connectivity index (χ3n) is 2.97. The Hall–Kier alpha value is -1.96. The summed E-state index contributed by atoms with van der Waals surface area (Å²) in [6, 6.07) is 14.0. The van der Waals surface area contributed by atoms with Crippen LogP contribution in [0, 0.1) is 6.92 Å². The van der Waals surface area contributed by atoms with Gasteiger partial charge in [-0.25, -0.2) is 0 Å². The predicted octanol–water partition coefficient (Wildman–Crippen LogP) is 4.36. The summed E-state index contributed by atoms with van der Waals surface area (Å²) in [4.78, 5) is 0. The SMILES string of the molecule is CCc1ccc(OC)cc1Oc1ccccc1C. The van der Waals surface area contributed by atoms with Crippen LogP contribution in [-0.2, 0) is 6.42 Å². The summed E-state index contributed by atoms with van der Waals surface area (Å²) in [5.74, 6) is 2.57. The molecule has 0 atom stereocenters. The zero-order valence-electron chi connectivity index (χ0n) is 11.1. The quantitative estimate of drug-likeness (QED) is 0.793. The number of rotatable bonds is 4. The van der Waals surface area contributed by atoms with E-state index in [9.17, 15) is 0 Å². The molecule has 2 rings (SSSR count). The third kappa shape index (κ3) is 2.65. The van der Waals surface area contributed by atoms with Gasteiger partial charge in [0.25, 0.3) is 0 Å². The molecule has 94 valence electrons. The molecule has 0 amide bonds. The van der Waals surface area contributed by atoms with E-state index < -0.39 is 0 Å². The molecule has 2 nitrogen and oxygen atoms in total. The third-order valence-corrected chi connectivity index (χ3v) is 2.97. The van der Waals surface area contributed by atoms with E-state index in [1.165, 1.54) is 5.56 Å². The molecule has 0 unspecified atom stereocenters. The number of ether oxygens (including phenoxy) is 2. The van der Waals surface area contributed by atoms with Gasteiger partial charge in [-0.2, -0.15) is 0 Å². The van der Waals surface area contributed by atoms with Gasteiger partial charge in [-0.05, 0) is 36.6 Å². The first-order valence-electron chi connectivity index (χ1n) is 6.15. The van der Waals surface area contributed by atoms with Crippen molar-refractivity contribution in [3.63, 3.8) is 0 Å². The normalized spacial score (nSPS) is 10.2. The molecule has 0 aliphatic rings. The summed E-state index contributed by atoms with van der Waals surface area (Å²) in [6.07, 6.45) is 0.936. The van der Waals surface area contributed by atoms with E-state index in [1.54, 1.807) is 7.11 Å². The van der Waals surface area contributed by atoms with Gasteiger partial charge in [0.15, 0.2) is 0 Å². The van der Waals surface area contributed by atoms with Gasteiger partial charge in [0, 0.05) is 6.07 Å². The van der Waals surface area contributed by atoms with Crippen molar-refractivity contribution in [1.82, 2.24) is 0 Å². The second-order valence-electron chi connectivity index (χ2n) is 4.19. The minimum absolute atomic E-state index is 0.816. The maximum atomic E-state index is 5.99. The highest BCUT2D eigenvalue weighted by Crippen LogP contribution is 2.31. The Morgan fingerprint density at radius 3 is 2.44 bits per heavy atom. The molecule has 0 aliphatic heterocycles. The number of methoxy groups -OCH3 is 1. The van der Waals surface area contributed by atoms with Gasteiger partial charge in [0.2, 0.25) is 0 Å². The van der Waals surface area contributed by atoms with Crippen LogP contribution in [0.4, 0.5) is 0 Å². The summed E-state index contributed by atoms with van der Waals surface area (Å²) in [5, 5.41) is 0. The minimum atomic E-state index is 0.816. The lowest BCUT2D eigenvalue weighted by atomic mass is 10.1. The summed E-state index contributed by atoms with van der Waals surface area (Å²) >= 11 is 0. The van der Waals surface area contributed by atoms with E-state index in [4.69, 9.17) is 9.47 Å². The molecular formula is C16H18O2. The summed E-state index contributed by atoms with van der Waals surface area (Å²) < 4.78 is 11.2. The Balaban J connectivity index is 2.35. The number of benzene rings is 2. The lowest BCUT2D eigenvalue weighted by molar-refractivity contribution is 0.408. The van der Waals surface area contributed by atoms with Crippen LogP contribution in [0.25, 0.3) is 0 Å². The van der Waals surface area contributed by atoms with Crippen molar-refractivity contribution in [3.8, 4) is 17.2 Å². The fraction of sp³-hybridized carbons (Fsp3) is 0.250. The molecule has 18 heavy (non-hydrogen) atoms. The molecule has 0 aromatic heterocycles. The zero-order chi connectivity index (χ0) is 13.0. The molecule has 0 N–H and O–H groups in total. The Morgan fingerprint density at radius 1 is 1.00 bits per heavy atom. The zero-order valence-corrected chi connectivity index (χ0v) is 11.1. The highest BCUT2D eigenvalue weighted by atomic mass is 16.5. The molecular weight excluding hydrogens is 224 g/mol. The van der Waals surface area contributed by atoms with Crippen LogP contribution < -0.4 is 9.47 Å². The van der Waals surface area contributed by atoms with Crippen molar-refractivity contribution in [2.45, 2.75) is 20.3 Å². The predicted molar refractivity (Wildman–Crippen MR) is 73.6 cm³/mol. The van der Waals surface area contributed by atoms with Crippen LogP contribution in [0.1, 0.15) is 18.1 Å². The maximum Gasteiger partial charge on any atom is 0.134 e. The Labute approximate surface area is 108 Å². The Morgan fingerprint density at radius 2 is 1.78 bits per heavy atom. The van der Waals surface area contributed by atoms with Gasteiger partial charge in [-0.3, -0.25) is 0 Å². The van der Waals surface area contributed by atoms with Crippen molar-refractivity contribution in [1.29, 1.82) is 0 Å². The number of para-hydroxylation sites is 1. The number of hydrogen-bond acceptors (Lipinski definition) is 2. The largest absolute Gasteiger partial charge is 0.497 e. The highest BCUT2D eigenvalue weighted by molar-refractivity contribution is 5.44. The molecule has 0 bridgehead atoms. The smallest absolute Gasteiger partial charge is 0.134 e. The van der Waals surface area contributed by atoms with Crippen LogP contribution in [0.2, 0.25) is 0 Å². The maximum absolute atomic E-state index is 5.99. The van der Waals surface area contributed by atoms with E-state index in [2.05, 4.69) is 6.92 Å². The van der Waals surface area contributed by atoms with Crippen LogP contribution in [-0.4, -0.2) is 7.11 Å². The first kappa shape index (κ1) is 12.5. The minimum Gasteiger partial charge on any atom is -0.497 e. The molecule has 0 saturated carbocycles. The molecule has 2 aromatic rings. The van der Waals surface area contributed by atoms with Gasteiger partial charge >= 0.3 is 0 Å². The summed E-state index contributed by atoms with van der Waals surface area (Å²) in [5.41, 5.74) is 2.31. The lowest BCUT2D eigenvalue weighted by Crippen LogP contribution is -1.93. The van der Waals surface area contributed by atoms with Crippen molar-refractivity contribution in [2.75, 3.05) is 7.11 Å². The molecule has 0 heterocycles. The molecule has 2 heteroatoms. The van der Waals surface area contributed by atoms with E-state index in [-0.39, 0.29) is 0 Å². The highest BCUT2D eigenvalue weighted by Gasteiger charge is 2.07. The first-order valence-corrected chi connectivity index (χ1v) is 6.15. The lowest BCUT2D eigenvalue weighted by Gasteiger charge is -2.13. The molecule has 0 aliphatic carbocycles. The fourth-order valence-corrected chi connectivity index (χ4v) is 1.84. The topological polar surface area (TPSA) is 18.5 Å². The second-order valence-corrected chi connectivity index (χ2v) is 4.19. The van der Waals surface area contributed by atoms with Gasteiger partial charge in [-0.15, -0.1) is 0 Å². The van der Waals surface area contributed by atoms with E-state index >= 15 is 0 Å². The molecule has 0 spiro atoms. The standard InChI is InChI=1S/C16H18O2/c1-4-13-9-10-14(17-3)11-16(13)18-15-8-6-5-7-12(15)2/h5-11H,4H2,1-3H3. The van der Waals surface area contributed by atoms with E-state index in [1.807, 2.05) is 49.4 Å². The summed E-state index contributed by atoms with van der Waals surface area (Å²) in [6.45, 7) is 4.16. The van der Waals surface area contributed by atoms with Gasteiger partial charge < -0.3 is 9.47 Å². The molecule has 0 fully saturated rings. The van der Waals surface area contributed by atoms with Crippen molar-refractivity contribution < 1.29 is 9.47 Å². The van der Waals surface area contributed by atoms with Crippen LogP contribution >= 0.6 is 0 Å². The average Bonchev–Trinajstić information content (AvgIpc) is 2.41. The van der Waals surface area contributed by atoms with Gasteiger partial charge in [0.1, 0.15) is 17.2 Å². The molecule has 2 aromatic carbocycles. The Bertz CT molecular complexity index is 532. The van der Waals surface area contributed by atoms with Crippen molar-refractivity contribution in [3.05, 3.63) is 53.6 Å². The fourth-order valence-electron chi connectivity index (χ4n) is 1.84. The molecule has 0 saturated heterocycles.